The number of aromatic nitrogens is 1. The van der Waals surface area contributed by atoms with Gasteiger partial charge in [0.1, 0.15) is 0 Å². The summed E-state index contributed by atoms with van der Waals surface area (Å²) in [5, 5.41) is 0. The molecule has 0 atom stereocenters. The van der Waals surface area contributed by atoms with Gasteiger partial charge in [-0.25, -0.2) is 4.98 Å². The van der Waals surface area contributed by atoms with Crippen molar-refractivity contribution in [1.82, 2.24) is 4.98 Å². The van der Waals surface area contributed by atoms with Gasteiger partial charge in [-0.3, -0.25) is 0 Å². The fourth-order valence-electron chi connectivity index (χ4n) is 0.706. The zero-order valence-electron chi connectivity index (χ0n) is 6.42. The number of aryl methyl sites for hydroxylation is 1. The Balaban J connectivity index is 2.82. The topological polar surface area (TPSA) is 48.1 Å². The molecule has 12 heavy (non-hydrogen) atoms. The zero-order chi connectivity index (χ0) is 9.14. The molecule has 1 rings (SSSR count). The Kier molecular flexibility index (Phi) is 2.42. The molecule has 2 N–H and O–H groups in total. The number of hydrogen-bond donors (Lipinski definition) is 1. The minimum atomic E-state index is -2.85. The van der Waals surface area contributed by atoms with Crippen LogP contribution in [0.1, 0.15) is 5.69 Å². The van der Waals surface area contributed by atoms with E-state index in [4.69, 9.17) is 5.73 Å². The van der Waals surface area contributed by atoms with E-state index in [9.17, 15) is 8.78 Å². The number of rotatable bonds is 2. The summed E-state index contributed by atoms with van der Waals surface area (Å²) in [6, 6.07) is 2.77. The number of nitrogens with two attached hydrogens (primary N) is 1. The van der Waals surface area contributed by atoms with E-state index >= 15 is 0 Å². The Hall–Kier alpha value is -1.39. The van der Waals surface area contributed by atoms with Crippen molar-refractivity contribution in [3.8, 4) is 5.88 Å². The number of nitrogens with zero attached hydrogens (tertiary/aromatic N) is 1. The first-order valence-corrected chi connectivity index (χ1v) is 3.27. The van der Waals surface area contributed by atoms with Gasteiger partial charge in [-0.15, -0.1) is 0 Å². The maximum Gasteiger partial charge on any atom is 0.388 e. The third kappa shape index (κ3) is 2.05. The average Bonchev–Trinajstić information content (AvgIpc) is 1.96. The van der Waals surface area contributed by atoms with E-state index in [1.165, 1.54) is 12.1 Å². The van der Waals surface area contributed by atoms with E-state index in [0.717, 1.165) is 0 Å². The second kappa shape index (κ2) is 3.34. The molecule has 0 bridgehead atoms. The predicted molar refractivity (Wildman–Crippen MR) is 40.0 cm³/mol. The lowest BCUT2D eigenvalue weighted by atomic mass is 10.3. The van der Waals surface area contributed by atoms with Gasteiger partial charge in [0.2, 0.25) is 5.88 Å². The molecule has 0 aliphatic rings. The summed E-state index contributed by atoms with van der Waals surface area (Å²) < 4.78 is 27.4. The first kappa shape index (κ1) is 8.70. The number of alkyl halides is 2. The summed E-state index contributed by atoms with van der Waals surface area (Å²) >= 11 is 0. The largest absolute Gasteiger partial charge is 0.417 e. The normalized spacial score (nSPS) is 10.3. The smallest absolute Gasteiger partial charge is 0.388 e. The van der Waals surface area contributed by atoms with Crippen molar-refractivity contribution in [3.63, 3.8) is 0 Å². The van der Waals surface area contributed by atoms with Crippen molar-refractivity contribution in [2.24, 2.45) is 0 Å². The third-order valence-electron chi connectivity index (χ3n) is 1.31. The van der Waals surface area contributed by atoms with E-state index in [1.54, 1.807) is 6.92 Å². The summed E-state index contributed by atoms with van der Waals surface area (Å²) in [4.78, 5) is 3.69. The van der Waals surface area contributed by atoms with Gasteiger partial charge >= 0.3 is 6.61 Å². The van der Waals surface area contributed by atoms with E-state index in [0.29, 0.717) is 11.4 Å². The Morgan fingerprint density at radius 3 is 2.67 bits per heavy atom. The van der Waals surface area contributed by atoms with Crippen LogP contribution < -0.4 is 10.5 Å². The SMILES string of the molecule is Cc1nc(OC(F)F)ccc1N. The molecule has 0 saturated heterocycles. The van der Waals surface area contributed by atoms with Gasteiger partial charge in [0.25, 0.3) is 0 Å². The van der Waals surface area contributed by atoms with Gasteiger partial charge in [-0.2, -0.15) is 8.78 Å². The van der Waals surface area contributed by atoms with Crippen LogP contribution in [0, 0.1) is 6.92 Å². The number of anilines is 1. The van der Waals surface area contributed by atoms with Crippen LogP contribution in [-0.2, 0) is 0 Å². The van der Waals surface area contributed by atoms with Crippen LogP contribution in [0.5, 0.6) is 5.88 Å². The summed E-state index contributed by atoms with van der Waals surface area (Å²) in [7, 11) is 0. The average molecular weight is 174 g/mol. The highest BCUT2D eigenvalue weighted by Crippen LogP contribution is 2.15. The molecule has 0 aromatic carbocycles. The lowest BCUT2D eigenvalue weighted by molar-refractivity contribution is -0.0529. The third-order valence-corrected chi connectivity index (χ3v) is 1.31. The lowest BCUT2D eigenvalue weighted by Gasteiger charge is -2.04. The Labute approximate surface area is 68.2 Å². The van der Waals surface area contributed by atoms with Crippen LogP contribution in [0.2, 0.25) is 0 Å². The fraction of sp³-hybridized carbons (Fsp3) is 0.286. The molecule has 0 fully saturated rings. The number of halogens is 2. The summed E-state index contributed by atoms with van der Waals surface area (Å²) in [5.74, 6) is -0.114. The Morgan fingerprint density at radius 1 is 1.50 bits per heavy atom. The van der Waals surface area contributed by atoms with Gasteiger partial charge in [0.05, 0.1) is 11.4 Å². The van der Waals surface area contributed by atoms with Crippen LogP contribution in [0.15, 0.2) is 12.1 Å². The second-order valence-corrected chi connectivity index (χ2v) is 2.20. The van der Waals surface area contributed by atoms with Gasteiger partial charge in [-0.1, -0.05) is 0 Å². The maximum atomic E-state index is 11.7. The van der Waals surface area contributed by atoms with Crippen LogP contribution in [0.25, 0.3) is 0 Å². The molecule has 1 aromatic rings. The molecular weight excluding hydrogens is 166 g/mol. The van der Waals surface area contributed by atoms with Crippen molar-refractivity contribution in [2.45, 2.75) is 13.5 Å². The van der Waals surface area contributed by atoms with Gasteiger partial charge < -0.3 is 10.5 Å². The minimum absolute atomic E-state index is 0.114. The van der Waals surface area contributed by atoms with Gasteiger partial charge in [0, 0.05) is 6.07 Å². The number of nitrogen functional groups attached to an aromatic ring is 1. The Bertz CT molecular complexity index is 278. The molecular formula is C7H8F2N2O. The van der Waals surface area contributed by atoms with Crippen LogP contribution >= 0.6 is 0 Å². The number of ether oxygens (including phenoxy) is 1. The molecule has 0 saturated carbocycles. The van der Waals surface area contributed by atoms with E-state index in [1.807, 2.05) is 0 Å². The highest BCUT2D eigenvalue weighted by molar-refractivity contribution is 5.43. The van der Waals surface area contributed by atoms with Crippen molar-refractivity contribution in [2.75, 3.05) is 5.73 Å². The molecule has 5 heteroatoms. The summed E-state index contributed by atoms with van der Waals surface area (Å²) in [5.41, 5.74) is 6.35. The van der Waals surface area contributed by atoms with Crippen molar-refractivity contribution < 1.29 is 13.5 Å². The predicted octanol–water partition coefficient (Wildman–Crippen LogP) is 1.57. The summed E-state index contributed by atoms with van der Waals surface area (Å²) in [6.45, 7) is -1.23. The van der Waals surface area contributed by atoms with E-state index in [2.05, 4.69) is 9.72 Å². The van der Waals surface area contributed by atoms with E-state index in [-0.39, 0.29) is 5.88 Å². The van der Waals surface area contributed by atoms with E-state index < -0.39 is 6.61 Å². The quantitative estimate of drug-likeness (QED) is 0.740. The fourth-order valence-corrected chi connectivity index (χ4v) is 0.706. The monoisotopic (exact) mass is 174 g/mol. The highest BCUT2D eigenvalue weighted by Gasteiger charge is 2.05. The molecule has 0 aliphatic heterocycles. The first-order chi connectivity index (χ1) is 5.59. The molecule has 0 unspecified atom stereocenters. The van der Waals surface area contributed by atoms with Crippen molar-refractivity contribution in [3.05, 3.63) is 17.8 Å². The Morgan fingerprint density at radius 2 is 2.17 bits per heavy atom. The summed E-state index contributed by atoms with van der Waals surface area (Å²) in [6.07, 6.45) is 0. The molecule has 1 aromatic heterocycles. The van der Waals surface area contributed by atoms with Crippen LogP contribution in [0.3, 0.4) is 0 Å². The minimum Gasteiger partial charge on any atom is -0.417 e. The molecule has 0 amide bonds. The number of pyridine rings is 1. The van der Waals surface area contributed by atoms with Crippen molar-refractivity contribution >= 4 is 5.69 Å². The van der Waals surface area contributed by atoms with Gasteiger partial charge in [-0.05, 0) is 13.0 Å². The first-order valence-electron chi connectivity index (χ1n) is 3.27. The number of hydrogen-bond acceptors (Lipinski definition) is 3. The molecule has 0 spiro atoms. The molecule has 0 aliphatic carbocycles. The molecule has 3 nitrogen and oxygen atoms in total. The van der Waals surface area contributed by atoms with Crippen LogP contribution in [0.4, 0.5) is 14.5 Å². The second-order valence-electron chi connectivity index (χ2n) is 2.20. The standard InChI is InChI=1S/C7H8F2N2O/c1-4-5(10)2-3-6(11-4)12-7(8)9/h2-3,7H,10H2,1H3. The molecule has 0 radical (unpaired) electrons. The maximum absolute atomic E-state index is 11.7. The van der Waals surface area contributed by atoms with Crippen LogP contribution in [-0.4, -0.2) is 11.6 Å². The highest BCUT2D eigenvalue weighted by atomic mass is 19.3. The zero-order valence-corrected chi connectivity index (χ0v) is 6.42. The lowest BCUT2D eigenvalue weighted by Crippen LogP contribution is -2.04. The molecule has 1 heterocycles. The van der Waals surface area contributed by atoms with Gasteiger partial charge in [0.15, 0.2) is 0 Å². The van der Waals surface area contributed by atoms with Crippen molar-refractivity contribution in [1.29, 1.82) is 0 Å². The molecule has 66 valence electrons.